The van der Waals surface area contributed by atoms with Crippen molar-refractivity contribution >= 4 is 75.2 Å². The summed E-state index contributed by atoms with van der Waals surface area (Å²) in [6, 6.07) is 0. The van der Waals surface area contributed by atoms with E-state index in [1.54, 1.807) is 0 Å². The van der Waals surface area contributed by atoms with Crippen molar-refractivity contribution in [2.75, 3.05) is 0 Å². The van der Waals surface area contributed by atoms with E-state index in [1.807, 2.05) is 0 Å². The number of hydrogen-bond donors (Lipinski definition) is 0. The molecule has 1 nitrogen and oxygen atoms in total. The van der Waals surface area contributed by atoms with E-state index in [0.717, 1.165) is 24.3 Å². The topological polar surface area (TPSA) is 17.1 Å². The Morgan fingerprint density at radius 1 is 1.33 bits per heavy atom. The van der Waals surface area contributed by atoms with Gasteiger partial charge in [-0.1, -0.05) is 0 Å². The summed E-state index contributed by atoms with van der Waals surface area (Å²) in [5.74, 6) is 0. The second kappa shape index (κ2) is 17.5. The summed E-state index contributed by atoms with van der Waals surface area (Å²) in [5, 5.41) is 1.14. The summed E-state index contributed by atoms with van der Waals surface area (Å²) in [4.78, 5) is 9.67. The molecule has 0 aliphatic heterocycles. The SMILES string of the molecule is O=CCCC[CH2][V].[CsH].[La]. The first-order valence-electron chi connectivity index (χ1n) is 2.46. The second-order valence-corrected chi connectivity index (χ2v) is 2.08. The predicted octanol–water partition coefficient (Wildman–Crippen LogP) is 0.672. The van der Waals surface area contributed by atoms with Crippen molar-refractivity contribution in [2.45, 2.75) is 24.4 Å². The van der Waals surface area contributed by atoms with Crippen LogP contribution < -0.4 is 0 Å². The summed E-state index contributed by atoms with van der Waals surface area (Å²) in [6.45, 7) is 0. The van der Waals surface area contributed by atoms with Gasteiger partial charge in [-0.25, -0.2) is 0 Å². The Balaban J connectivity index is -0.000000180. The van der Waals surface area contributed by atoms with Crippen molar-refractivity contribution in [3.05, 3.63) is 0 Å². The van der Waals surface area contributed by atoms with E-state index in [0.29, 0.717) is 0 Å². The molecule has 0 aliphatic carbocycles. The van der Waals surface area contributed by atoms with E-state index in [2.05, 4.69) is 17.4 Å². The van der Waals surface area contributed by atoms with Crippen LogP contribution in [0.2, 0.25) is 5.13 Å². The zero-order valence-corrected chi connectivity index (χ0v) is 9.86. The predicted molar refractivity (Wildman–Crippen MR) is 31.9 cm³/mol. The van der Waals surface area contributed by atoms with Gasteiger partial charge in [-0.05, 0) is 0 Å². The normalized spacial score (nSPS) is 6.67. The molecule has 1 radical (unpaired) electrons. The molecule has 0 fully saturated rings. The van der Waals surface area contributed by atoms with E-state index in [1.165, 1.54) is 6.42 Å². The van der Waals surface area contributed by atoms with E-state index < -0.39 is 0 Å². The van der Waals surface area contributed by atoms with Crippen molar-refractivity contribution in [1.82, 2.24) is 0 Å². The Bertz CT molecular complexity index is 54.2. The molecule has 0 aromatic rings. The maximum Gasteiger partial charge on any atom is 0 e. The van der Waals surface area contributed by atoms with Crippen LogP contribution in [0.3, 0.4) is 0 Å². The molecule has 0 unspecified atom stereocenters. The molecular weight excluding hydrogens is 399 g/mol. The van der Waals surface area contributed by atoms with Gasteiger partial charge >= 0.3 is 122 Å². The van der Waals surface area contributed by atoms with Crippen LogP contribution in [-0.2, 0) is 22.2 Å². The van der Waals surface area contributed by atoms with Gasteiger partial charge in [0.1, 0.15) is 0 Å². The van der Waals surface area contributed by atoms with Gasteiger partial charge in [0, 0.05) is 35.6 Å². The first-order chi connectivity index (χ1) is 3.41. The third kappa shape index (κ3) is 18.5. The monoisotopic (exact) mass is 409 g/mol. The summed E-state index contributed by atoms with van der Waals surface area (Å²) in [5.41, 5.74) is 0. The standard InChI is InChI=1S/C5H9O.Cs.La.V.H/c1-2-3-4-5-6;;;;/h5H,1-4H2;;;;. The van der Waals surface area contributed by atoms with Crippen LogP contribution in [0.5, 0.6) is 0 Å². The number of carbonyl (C=O) groups excluding carboxylic acids is 1. The number of aldehydes is 1. The molecule has 0 bridgehead atoms. The molecule has 0 aromatic heterocycles. The number of unbranched alkanes of at least 4 members (excludes halogenated alkanes) is 2. The summed E-state index contributed by atoms with van der Waals surface area (Å²) < 4.78 is 0. The fraction of sp³-hybridized carbons (Fsp3) is 0.800. The fourth-order valence-corrected chi connectivity index (χ4v) is 0.689. The van der Waals surface area contributed by atoms with Crippen LogP contribution in [0.15, 0.2) is 0 Å². The third-order valence-corrected chi connectivity index (χ3v) is 1.22. The van der Waals surface area contributed by atoms with Gasteiger partial charge in [-0.15, -0.1) is 0 Å². The Labute approximate surface area is 153 Å². The quantitative estimate of drug-likeness (QED) is 0.494. The van der Waals surface area contributed by atoms with Crippen molar-refractivity contribution < 1.29 is 57.8 Å². The van der Waals surface area contributed by atoms with Crippen LogP contribution in [0.4, 0.5) is 0 Å². The molecule has 45 valence electrons. The molecule has 0 atom stereocenters. The number of carbonyl (C=O) groups is 1. The molecule has 0 amide bonds. The Hall–Kier alpha value is 3.50. The first kappa shape index (κ1) is 18.3. The number of rotatable bonds is 4. The minimum atomic E-state index is 0. The van der Waals surface area contributed by atoms with Crippen molar-refractivity contribution in [1.29, 1.82) is 0 Å². The van der Waals surface area contributed by atoms with E-state index >= 15 is 0 Å². The van der Waals surface area contributed by atoms with Crippen LogP contribution in [-0.4, -0.2) is 75.2 Å². The van der Waals surface area contributed by atoms with Crippen LogP contribution in [0.25, 0.3) is 0 Å². The molecule has 0 heterocycles. The Kier molecular flexibility index (Phi) is 35.7. The largest absolute Gasteiger partial charge is 0 e. The molecule has 0 saturated carbocycles. The minimum absolute atomic E-state index is 0. The Morgan fingerprint density at radius 3 is 2.22 bits per heavy atom. The molecule has 4 heteroatoms. The molecule has 0 aliphatic rings. The van der Waals surface area contributed by atoms with Crippen molar-refractivity contribution in [3.8, 4) is 0 Å². The van der Waals surface area contributed by atoms with Crippen molar-refractivity contribution in [3.63, 3.8) is 0 Å². The van der Waals surface area contributed by atoms with Gasteiger partial charge in [-0.3, -0.25) is 0 Å². The molecule has 0 rings (SSSR count). The maximum atomic E-state index is 9.67. The van der Waals surface area contributed by atoms with E-state index in [9.17, 15) is 4.79 Å². The zero-order valence-electron chi connectivity index (χ0n) is 4.84. The maximum absolute atomic E-state index is 9.67. The van der Waals surface area contributed by atoms with E-state index in [4.69, 9.17) is 0 Å². The smallest absolute Gasteiger partial charge is 0 e. The minimum Gasteiger partial charge on any atom is 0 e. The van der Waals surface area contributed by atoms with Gasteiger partial charge in [0.05, 0.1) is 0 Å². The van der Waals surface area contributed by atoms with Gasteiger partial charge in [-0.2, -0.15) is 0 Å². The average molecular weight is 409 g/mol. The number of hydrogen-bond acceptors (Lipinski definition) is 1. The van der Waals surface area contributed by atoms with E-state index in [-0.39, 0.29) is 104 Å². The molecule has 0 aromatic carbocycles. The molecule has 0 N–H and O–H groups in total. The second-order valence-electron chi connectivity index (χ2n) is 1.39. The van der Waals surface area contributed by atoms with Gasteiger partial charge < -0.3 is 0 Å². The molecular formula is C5H10CsLaOV. The average Bonchev–Trinajstić information content (AvgIpc) is 1.69. The Morgan fingerprint density at radius 2 is 1.89 bits per heavy atom. The zero-order chi connectivity index (χ0) is 5.54. The van der Waals surface area contributed by atoms with Crippen LogP contribution >= 0.6 is 0 Å². The van der Waals surface area contributed by atoms with Crippen LogP contribution in [0.1, 0.15) is 19.3 Å². The fourth-order valence-electron chi connectivity index (χ4n) is 0.339. The van der Waals surface area contributed by atoms with Gasteiger partial charge in [0.15, 0.2) is 0 Å². The molecule has 9 heavy (non-hydrogen) atoms. The first-order valence-corrected chi connectivity index (χ1v) is 3.45. The third-order valence-electron chi connectivity index (χ3n) is 0.730. The molecule has 0 saturated heterocycles. The molecule has 0 spiro atoms. The van der Waals surface area contributed by atoms with Crippen LogP contribution in [0, 0.1) is 35.6 Å². The van der Waals surface area contributed by atoms with Crippen molar-refractivity contribution in [2.24, 2.45) is 0 Å². The summed E-state index contributed by atoms with van der Waals surface area (Å²) in [6.07, 6.45) is 3.93. The summed E-state index contributed by atoms with van der Waals surface area (Å²) >= 11 is 2.51. The van der Waals surface area contributed by atoms with Gasteiger partial charge in [0.25, 0.3) is 0 Å². The summed E-state index contributed by atoms with van der Waals surface area (Å²) in [7, 11) is 0. The van der Waals surface area contributed by atoms with Gasteiger partial charge in [0.2, 0.25) is 0 Å².